The third kappa shape index (κ3) is 31.9. The van der Waals surface area contributed by atoms with Crippen LogP contribution in [-0.2, 0) is 0 Å². The molecule has 0 fully saturated rings. The summed E-state index contributed by atoms with van der Waals surface area (Å²) < 4.78 is 0. The van der Waals surface area contributed by atoms with Crippen molar-refractivity contribution in [2.75, 3.05) is 40.3 Å². The molecule has 2 heteroatoms. The van der Waals surface area contributed by atoms with Gasteiger partial charge in [0.25, 0.3) is 0 Å². The number of unbranched alkanes of at least 4 members (excludes halogenated alkanes) is 5. The molecule has 0 atom stereocenters. The molecule has 0 N–H and O–H groups in total. The first-order valence-electron chi connectivity index (χ1n) is 13.6. The molecule has 0 aliphatic carbocycles. The van der Waals surface area contributed by atoms with Crippen LogP contribution in [0.2, 0.25) is 0 Å². The average molecular weight is 439 g/mol. The van der Waals surface area contributed by atoms with Gasteiger partial charge in [0.05, 0.1) is 0 Å². The van der Waals surface area contributed by atoms with Gasteiger partial charge in [-0.3, -0.25) is 0 Å². The molecule has 0 bridgehead atoms. The van der Waals surface area contributed by atoms with E-state index < -0.39 is 0 Å². The molecule has 0 unspecified atom stereocenters. The van der Waals surface area contributed by atoms with Crippen molar-refractivity contribution in [3.8, 4) is 0 Å². The van der Waals surface area contributed by atoms with Crippen LogP contribution in [0.1, 0.15) is 113 Å². The summed E-state index contributed by atoms with van der Waals surface area (Å²) in [5.74, 6) is 3.27. The molecule has 0 aromatic rings. The highest BCUT2D eigenvalue weighted by molar-refractivity contribution is 4.82. The van der Waals surface area contributed by atoms with Crippen molar-refractivity contribution in [2.24, 2.45) is 23.7 Å². The smallest absolute Gasteiger partial charge is 0.000133 e. The van der Waals surface area contributed by atoms with Gasteiger partial charge in [-0.15, -0.1) is 0 Å². The molecule has 0 aromatic carbocycles. The van der Waals surface area contributed by atoms with Gasteiger partial charge in [-0.1, -0.05) is 93.2 Å². The molecule has 0 saturated heterocycles. The summed E-state index contributed by atoms with van der Waals surface area (Å²) in [5, 5.41) is 0. The van der Waals surface area contributed by atoms with E-state index in [1.807, 2.05) is 0 Å². The predicted octanol–water partition coefficient (Wildman–Crippen LogP) is 8.53. The van der Waals surface area contributed by atoms with Crippen molar-refractivity contribution in [3.05, 3.63) is 12.2 Å². The van der Waals surface area contributed by atoms with E-state index in [1.54, 1.807) is 0 Å². The maximum atomic E-state index is 2.47. The Morgan fingerprint density at radius 3 is 1.45 bits per heavy atom. The highest BCUT2D eigenvalue weighted by Crippen LogP contribution is 2.10. The molecule has 188 valence electrons. The minimum absolute atomic E-state index is 0.788. The van der Waals surface area contributed by atoms with Crippen LogP contribution in [-0.4, -0.2) is 50.1 Å². The van der Waals surface area contributed by atoms with Gasteiger partial charge in [0.15, 0.2) is 0 Å². The lowest BCUT2D eigenvalue weighted by molar-refractivity contribution is 0.288. The molecule has 0 aromatic heterocycles. The van der Waals surface area contributed by atoms with Crippen LogP contribution >= 0.6 is 0 Å². The van der Waals surface area contributed by atoms with Crippen molar-refractivity contribution in [1.29, 1.82) is 0 Å². The van der Waals surface area contributed by atoms with Crippen molar-refractivity contribution >= 4 is 0 Å². The van der Waals surface area contributed by atoms with Crippen LogP contribution in [0.5, 0.6) is 0 Å². The highest BCUT2D eigenvalue weighted by atomic mass is 15.1. The van der Waals surface area contributed by atoms with Crippen molar-refractivity contribution in [2.45, 2.75) is 113 Å². The first-order chi connectivity index (χ1) is 14.5. The lowest BCUT2D eigenvalue weighted by atomic mass is 10.0. The molecule has 0 radical (unpaired) electrons. The van der Waals surface area contributed by atoms with E-state index in [4.69, 9.17) is 0 Å². The molecule has 2 nitrogen and oxygen atoms in total. The number of rotatable bonds is 18. The highest BCUT2D eigenvalue weighted by Gasteiger charge is 2.01. The van der Waals surface area contributed by atoms with Crippen LogP contribution in [0.4, 0.5) is 0 Å². The fraction of sp³-hybridized carbons (Fsp3) is 0.931. The lowest BCUT2D eigenvalue weighted by Gasteiger charge is -2.18. The van der Waals surface area contributed by atoms with Crippen molar-refractivity contribution in [1.82, 2.24) is 9.80 Å². The summed E-state index contributed by atoms with van der Waals surface area (Å²) in [7, 11) is 4.47. The fourth-order valence-electron chi connectivity index (χ4n) is 3.85. The average Bonchev–Trinajstić information content (AvgIpc) is 2.62. The van der Waals surface area contributed by atoms with E-state index in [0.717, 1.165) is 23.7 Å². The summed E-state index contributed by atoms with van der Waals surface area (Å²) in [6.07, 6.45) is 16.9. The maximum Gasteiger partial charge on any atom is 0.000133 e. The second kappa shape index (κ2) is 22.8. The van der Waals surface area contributed by atoms with Crippen molar-refractivity contribution < 1.29 is 0 Å². The SMILES string of the molecule is CC(C)CC=CCCCCN(C)CC(C)C.CC(C)CCCCCCN(C)CC(C)C. The van der Waals surface area contributed by atoms with Gasteiger partial charge in [0.1, 0.15) is 0 Å². The Balaban J connectivity index is 0. The number of hydrogen-bond donors (Lipinski definition) is 0. The molecule has 0 aliphatic heterocycles. The third-order valence-electron chi connectivity index (χ3n) is 5.36. The summed E-state index contributed by atoms with van der Waals surface area (Å²) in [5.41, 5.74) is 0. The Morgan fingerprint density at radius 1 is 0.516 bits per heavy atom. The number of allylic oxidation sites excluding steroid dienone is 2. The van der Waals surface area contributed by atoms with Crippen LogP contribution < -0.4 is 0 Å². The Labute approximate surface area is 199 Å². The second-order valence-corrected chi connectivity index (χ2v) is 11.5. The minimum Gasteiger partial charge on any atom is -0.306 e. The predicted molar refractivity (Wildman–Crippen MR) is 145 cm³/mol. The fourth-order valence-corrected chi connectivity index (χ4v) is 3.85. The van der Waals surface area contributed by atoms with Gasteiger partial charge in [0, 0.05) is 13.1 Å². The number of hydrogen-bond acceptors (Lipinski definition) is 2. The second-order valence-electron chi connectivity index (χ2n) is 11.5. The van der Waals surface area contributed by atoms with Crippen LogP contribution in [0.25, 0.3) is 0 Å². The van der Waals surface area contributed by atoms with Gasteiger partial charge < -0.3 is 9.80 Å². The summed E-state index contributed by atoms with van der Waals surface area (Å²) in [6, 6.07) is 0. The molecule has 31 heavy (non-hydrogen) atoms. The topological polar surface area (TPSA) is 6.48 Å². The maximum absolute atomic E-state index is 2.47. The third-order valence-corrected chi connectivity index (χ3v) is 5.36. The van der Waals surface area contributed by atoms with Crippen LogP contribution in [0.3, 0.4) is 0 Å². The van der Waals surface area contributed by atoms with E-state index in [9.17, 15) is 0 Å². The zero-order chi connectivity index (χ0) is 24.1. The van der Waals surface area contributed by atoms with Crippen molar-refractivity contribution in [3.63, 3.8) is 0 Å². The van der Waals surface area contributed by atoms with Gasteiger partial charge in [-0.25, -0.2) is 0 Å². The Kier molecular flexibility index (Phi) is 24.2. The molecular weight excluding hydrogens is 376 g/mol. The molecular formula is C29H62N2. The molecule has 0 aliphatic rings. The van der Waals surface area contributed by atoms with E-state index in [1.165, 1.54) is 84.0 Å². The Bertz CT molecular complexity index is 371. The van der Waals surface area contributed by atoms with E-state index in [2.05, 4.69) is 91.4 Å². The Hall–Kier alpha value is -0.340. The molecule has 0 rings (SSSR count). The summed E-state index contributed by atoms with van der Waals surface area (Å²) in [6.45, 7) is 23.3. The molecule has 0 heterocycles. The lowest BCUT2D eigenvalue weighted by Crippen LogP contribution is -2.24. The molecule has 0 saturated carbocycles. The van der Waals surface area contributed by atoms with E-state index in [0.29, 0.717) is 0 Å². The molecule has 0 spiro atoms. The van der Waals surface area contributed by atoms with Gasteiger partial charge in [-0.05, 0) is 83.0 Å². The monoisotopic (exact) mass is 438 g/mol. The van der Waals surface area contributed by atoms with Gasteiger partial charge in [-0.2, -0.15) is 0 Å². The van der Waals surface area contributed by atoms with Crippen LogP contribution in [0.15, 0.2) is 12.2 Å². The summed E-state index contributed by atoms with van der Waals surface area (Å²) in [4.78, 5) is 4.91. The first kappa shape index (κ1) is 32.8. The zero-order valence-corrected chi connectivity index (χ0v) is 23.6. The molecule has 0 amide bonds. The van der Waals surface area contributed by atoms with Crippen LogP contribution in [0, 0.1) is 23.7 Å². The minimum atomic E-state index is 0.788. The van der Waals surface area contributed by atoms with Gasteiger partial charge >= 0.3 is 0 Å². The van der Waals surface area contributed by atoms with E-state index in [-0.39, 0.29) is 0 Å². The standard InChI is InChI=1S/C15H31N.C14H31N/c1-14(2)11-9-7-6-8-10-12-16(5)13-15(3)4;1-13(2)10-8-6-7-9-11-15(5)12-14(3)4/h7,9,14-15H,6,8,10-13H2,1-5H3;13-14H,6-12H2,1-5H3. The largest absolute Gasteiger partial charge is 0.306 e. The van der Waals surface area contributed by atoms with E-state index >= 15 is 0 Å². The quantitative estimate of drug-likeness (QED) is 0.156. The zero-order valence-electron chi connectivity index (χ0n) is 23.6. The normalized spacial score (nSPS) is 12.3. The number of nitrogens with zero attached hydrogens (tertiary/aromatic N) is 2. The first-order valence-corrected chi connectivity index (χ1v) is 13.6. The van der Waals surface area contributed by atoms with Gasteiger partial charge in [0.2, 0.25) is 0 Å². The Morgan fingerprint density at radius 2 is 1.00 bits per heavy atom. The summed E-state index contributed by atoms with van der Waals surface area (Å²) >= 11 is 0.